The standard InChI is InChI=1S/C27H32N4O/c1-20-18-26(21(2)31(20)25-12-13-25)27(32)28-23-8-10-24(11-9-23)30-16-14-29(15-17-30)19-22-6-4-3-5-7-22/h3-11,18,25H,12-17,19H2,1-2H3,(H,28,32). The van der Waals surface area contributed by atoms with Gasteiger partial charge in [0.05, 0.1) is 5.56 Å². The molecule has 3 aromatic rings. The number of nitrogens with zero attached hydrogens (tertiary/aromatic N) is 3. The van der Waals surface area contributed by atoms with Crippen molar-refractivity contribution in [2.24, 2.45) is 0 Å². The zero-order valence-corrected chi connectivity index (χ0v) is 19.1. The van der Waals surface area contributed by atoms with Crippen LogP contribution in [0, 0.1) is 13.8 Å². The molecule has 166 valence electrons. The van der Waals surface area contributed by atoms with Crippen molar-refractivity contribution in [3.63, 3.8) is 0 Å². The third-order valence-electron chi connectivity index (χ3n) is 6.75. The summed E-state index contributed by atoms with van der Waals surface area (Å²) in [4.78, 5) is 17.8. The fourth-order valence-electron chi connectivity index (χ4n) is 4.86. The van der Waals surface area contributed by atoms with Gasteiger partial charge < -0.3 is 14.8 Å². The van der Waals surface area contributed by atoms with Crippen molar-refractivity contribution in [2.45, 2.75) is 39.3 Å². The highest BCUT2D eigenvalue weighted by atomic mass is 16.1. The second-order valence-corrected chi connectivity index (χ2v) is 9.14. The zero-order valence-electron chi connectivity index (χ0n) is 19.1. The van der Waals surface area contributed by atoms with Crippen molar-refractivity contribution >= 4 is 17.3 Å². The Bertz CT molecular complexity index is 1070. The van der Waals surface area contributed by atoms with Gasteiger partial charge in [0.2, 0.25) is 0 Å². The zero-order chi connectivity index (χ0) is 22.1. The highest BCUT2D eigenvalue weighted by Gasteiger charge is 2.28. The van der Waals surface area contributed by atoms with Gasteiger partial charge in [-0.25, -0.2) is 0 Å². The summed E-state index contributed by atoms with van der Waals surface area (Å²) in [7, 11) is 0. The third-order valence-corrected chi connectivity index (χ3v) is 6.75. The van der Waals surface area contributed by atoms with Gasteiger partial charge >= 0.3 is 0 Å². The number of hydrogen-bond donors (Lipinski definition) is 1. The van der Waals surface area contributed by atoms with Crippen molar-refractivity contribution in [1.29, 1.82) is 0 Å². The van der Waals surface area contributed by atoms with Crippen LogP contribution in [0.15, 0.2) is 60.7 Å². The molecule has 0 bridgehead atoms. The molecule has 1 amide bonds. The van der Waals surface area contributed by atoms with Crippen LogP contribution in [0.4, 0.5) is 11.4 Å². The lowest BCUT2D eigenvalue weighted by atomic mass is 10.2. The monoisotopic (exact) mass is 428 g/mol. The molecule has 1 aliphatic carbocycles. The van der Waals surface area contributed by atoms with E-state index in [-0.39, 0.29) is 5.91 Å². The average molecular weight is 429 g/mol. The minimum absolute atomic E-state index is 0.0210. The van der Waals surface area contributed by atoms with Crippen LogP contribution in [0.5, 0.6) is 0 Å². The van der Waals surface area contributed by atoms with Gasteiger partial charge in [-0.1, -0.05) is 30.3 Å². The molecule has 1 saturated carbocycles. The summed E-state index contributed by atoms with van der Waals surface area (Å²) in [5.41, 5.74) is 6.48. The van der Waals surface area contributed by atoms with E-state index in [9.17, 15) is 4.79 Å². The largest absolute Gasteiger partial charge is 0.369 e. The van der Waals surface area contributed by atoms with Crippen molar-refractivity contribution in [2.75, 3.05) is 36.4 Å². The van der Waals surface area contributed by atoms with Crippen LogP contribution in [0.3, 0.4) is 0 Å². The minimum atomic E-state index is -0.0210. The molecule has 2 aliphatic rings. The number of carbonyl (C=O) groups is 1. The summed E-state index contributed by atoms with van der Waals surface area (Å²) in [6.45, 7) is 9.32. The van der Waals surface area contributed by atoms with Crippen LogP contribution < -0.4 is 10.2 Å². The minimum Gasteiger partial charge on any atom is -0.369 e. The van der Waals surface area contributed by atoms with Gasteiger partial charge in [0.1, 0.15) is 0 Å². The first-order valence-corrected chi connectivity index (χ1v) is 11.7. The summed E-state index contributed by atoms with van der Waals surface area (Å²) >= 11 is 0. The van der Waals surface area contributed by atoms with Crippen molar-refractivity contribution in [3.05, 3.63) is 83.2 Å². The Morgan fingerprint density at radius 2 is 1.62 bits per heavy atom. The first-order valence-electron chi connectivity index (χ1n) is 11.7. The van der Waals surface area contributed by atoms with Gasteiger partial charge in [-0.05, 0) is 62.6 Å². The molecule has 0 spiro atoms. The number of rotatable bonds is 6. The number of benzene rings is 2. The molecular formula is C27H32N4O. The first kappa shape index (κ1) is 20.8. The summed E-state index contributed by atoms with van der Waals surface area (Å²) in [5.74, 6) is -0.0210. The van der Waals surface area contributed by atoms with E-state index >= 15 is 0 Å². The van der Waals surface area contributed by atoms with Gasteiger partial charge in [0, 0.05) is 61.5 Å². The van der Waals surface area contributed by atoms with E-state index in [0.717, 1.165) is 49.7 Å². The second kappa shape index (κ2) is 8.83. The average Bonchev–Trinajstić information content (AvgIpc) is 3.59. The summed E-state index contributed by atoms with van der Waals surface area (Å²) in [6.07, 6.45) is 2.44. The smallest absolute Gasteiger partial charge is 0.257 e. The maximum atomic E-state index is 12.9. The Morgan fingerprint density at radius 3 is 2.28 bits per heavy atom. The van der Waals surface area contributed by atoms with Crippen LogP contribution in [-0.4, -0.2) is 41.6 Å². The molecule has 5 nitrogen and oxygen atoms in total. The number of aromatic nitrogens is 1. The summed E-state index contributed by atoms with van der Waals surface area (Å²) in [5, 5.41) is 3.08. The normalized spacial score (nSPS) is 16.9. The highest BCUT2D eigenvalue weighted by molar-refractivity contribution is 6.05. The first-order chi connectivity index (χ1) is 15.6. The molecule has 5 heteroatoms. The molecule has 2 heterocycles. The number of nitrogens with one attached hydrogen (secondary N) is 1. The molecule has 1 saturated heterocycles. The molecule has 0 unspecified atom stereocenters. The molecule has 32 heavy (non-hydrogen) atoms. The maximum absolute atomic E-state index is 12.9. The Balaban J connectivity index is 1.17. The van der Waals surface area contributed by atoms with Crippen molar-refractivity contribution in [1.82, 2.24) is 9.47 Å². The lowest BCUT2D eigenvalue weighted by molar-refractivity contribution is 0.102. The molecule has 0 radical (unpaired) electrons. The van der Waals surface area contributed by atoms with E-state index in [1.165, 1.54) is 29.8 Å². The topological polar surface area (TPSA) is 40.5 Å². The second-order valence-electron chi connectivity index (χ2n) is 9.14. The number of anilines is 2. The van der Waals surface area contributed by atoms with Crippen molar-refractivity contribution in [3.8, 4) is 0 Å². The van der Waals surface area contributed by atoms with Gasteiger partial charge in [-0.15, -0.1) is 0 Å². The number of aryl methyl sites for hydroxylation is 1. The Kier molecular flexibility index (Phi) is 5.75. The van der Waals surface area contributed by atoms with E-state index in [1.54, 1.807) is 0 Å². The number of carbonyl (C=O) groups excluding carboxylic acids is 1. The van der Waals surface area contributed by atoms with E-state index in [4.69, 9.17) is 0 Å². The van der Waals surface area contributed by atoms with Crippen LogP contribution in [0.1, 0.15) is 46.2 Å². The number of amides is 1. The van der Waals surface area contributed by atoms with Crippen LogP contribution in [0.2, 0.25) is 0 Å². The quantitative estimate of drug-likeness (QED) is 0.600. The fraction of sp³-hybridized carbons (Fsp3) is 0.370. The molecule has 5 rings (SSSR count). The molecular weight excluding hydrogens is 396 g/mol. The SMILES string of the molecule is Cc1cc(C(=O)Nc2ccc(N3CCN(Cc4ccccc4)CC3)cc2)c(C)n1C1CC1. The molecule has 2 aromatic carbocycles. The maximum Gasteiger partial charge on any atom is 0.257 e. The fourth-order valence-corrected chi connectivity index (χ4v) is 4.86. The van der Waals surface area contributed by atoms with Crippen LogP contribution in [-0.2, 0) is 6.54 Å². The van der Waals surface area contributed by atoms with Crippen LogP contribution >= 0.6 is 0 Å². The number of piperazine rings is 1. The third kappa shape index (κ3) is 4.44. The van der Waals surface area contributed by atoms with E-state index in [2.05, 4.69) is 76.0 Å². The molecule has 0 atom stereocenters. The highest BCUT2D eigenvalue weighted by Crippen LogP contribution is 2.38. The Hall–Kier alpha value is -3.05. The number of hydrogen-bond acceptors (Lipinski definition) is 3. The van der Waals surface area contributed by atoms with Crippen molar-refractivity contribution < 1.29 is 4.79 Å². The Morgan fingerprint density at radius 1 is 0.938 bits per heavy atom. The molecule has 2 fully saturated rings. The summed E-state index contributed by atoms with van der Waals surface area (Å²) in [6, 6.07) is 21.6. The van der Waals surface area contributed by atoms with E-state index < -0.39 is 0 Å². The van der Waals surface area contributed by atoms with E-state index in [1.807, 2.05) is 18.2 Å². The lowest BCUT2D eigenvalue weighted by Gasteiger charge is -2.36. The Labute approximate surface area is 190 Å². The van der Waals surface area contributed by atoms with Crippen LogP contribution in [0.25, 0.3) is 0 Å². The predicted octanol–water partition coefficient (Wildman–Crippen LogP) is 5.01. The van der Waals surface area contributed by atoms with E-state index in [0.29, 0.717) is 6.04 Å². The molecule has 1 aliphatic heterocycles. The molecule has 1 N–H and O–H groups in total. The lowest BCUT2D eigenvalue weighted by Crippen LogP contribution is -2.45. The molecule has 1 aromatic heterocycles. The van der Waals surface area contributed by atoms with Gasteiger partial charge in [-0.3, -0.25) is 9.69 Å². The van der Waals surface area contributed by atoms with Gasteiger partial charge in [0.25, 0.3) is 5.91 Å². The summed E-state index contributed by atoms with van der Waals surface area (Å²) < 4.78 is 2.31. The predicted molar refractivity (Wildman–Crippen MR) is 131 cm³/mol. The van der Waals surface area contributed by atoms with Gasteiger partial charge in [0.15, 0.2) is 0 Å². The van der Waals surface area contributed by atoms with Gasteiger partial charge in [-0.2, -0.15) is 0 Å².